The van der Waals surface area contributed by atoms with E-state index >= 15 is 0 Å². The van der Waals surface area contributed by atoms with Crippen molar-refractivity contribution in [2.75, 3.05) is 36.2 Å². The van der Waals surface area contributed by atoms with E-state index in [1.54, 1.807) is 0 Å². The van der Waals surface area contributed by atoms with E-state index in [2.05, 4.69) is 29.1 Å². The van der Waals surface area contributed by atoms with Gasteiger partial charge < -0.3 is 53.5 Å². The molecular weight excluding hydrogens is 843 g/mol. The number of phosphoric ester groups is 1. The fraction of sp³-hybridized carbons (Fsp3) is 0.706. The molecule has 2 aromatic heterocycles. The SMILES string of the molecule is CSCCNc1nc(SCCC(F)(F)F)nc2c1ncn2[C@@H]1O[C@H](COP(=O)([O-])OP(=O)([O-])C(Cl)(Cl)P(=O)([O-])[O-])[C@H](O)[C@@H]1O.[Na+].[Na+].[Na+].[Na+]. The van der Waals surface area contributed by atoms with Gasteiger partial charge >= 0.3 is 124 Å². The Hall–Kier alpha value is 3.75. The van der Waals surface area contributed by atoms with E-state index < -0.39 is 76.3 Å². The van der Waals surface area contributed by atoms with Crippen molar-refractivity contribution < 1.29 is 188 Å². The van der Waals surface area contributed by atoms with Gasteiger partial charge in [0.1, 0.15) is 18.3 Å². The van der Waals surface area contributed by atoms with Gasteiger partial charge in [0.2, 0.25) is 3.82 Å². The molecule has 48 heavy (non-hydrogen) atoms. The van der Waals surface area contributed by atoms with Crippen LogP contribution >= 0.6 is 69.7 Å². The monoisotopic (exact) mass is 863 g/mol. The molecule has 0 spiro atoms. The van der Waals surface area contributed by atoms with Crippen molar-refractivity contribution in [3.8, 4) is 0 Å². The van der Waals surface area contributed by atoms with E-state index in [4.69, 9.17) is 27.9 Å². The first-order valence-corrected chi connectivity index (χ1v) is 19.3. The van der Waals surface area contributed by atoms with Crippen LogP contribution < -0.4 is 143 Å². The molecule has 1 fully saturated rings. The molecule has 1 aliphatic heterocycles. The van der Waals surface area contributed by atoms with Gasteiger partial charge in [0.15, 0.2) is 36.0 Å². The number of anilines is 1. The van der Waals surface area contributed by atoms with Gasteiger partial charge in [-0.1, -0.05) is 35.0 Å². The number of hydrogen-bond acceptors (Lipinski definition) is 18. The average molecular weight is 864 g/mol. The number of aromatic nitrogens is 4. The van der Waals surface area contributed by atoms with Gasteiger partial charge in [-0.3, -0.25) is 13.4 Å². The van der Waals surface area contributed by atoms with Crippen LogP contribution in [0.25, 0.3) is 11.2 Å². The number of ether oxygens (including phenoxy) is 1. The zero-order chi connectivity index (χ0) is 33.3. The third-order valence-corrected chi connectivity index (χ3v) is 14.3. The summed E-state index contributed by atoms with van der Waals surface area (Å²) in [6.07, 6.45) is -9.61. The molecule has 0 aliphatic carbocycles. The number of nitrogens with one attached hydrogen (secondary N) is 1. The van der Waals surface area contributed by atoms with Crippen LogP contribution in [0.5, 0.6) is 0 Å². The molecule has 0 amide bonds. The summed E-state index contributed by atoms with van der Waals surface area (Å²) in [6.45, 7) is -0.835. The van der Waals surface area contributed by atoms with Gasteiger partial charge in [0, 0.05) is 18.1 Å². The van der Waals surface area contributed by atoms with Crippen LogP contribution in [0, 0.1) is 0 Å². The molecule has 1 saturated heterocycles. The van der Waals surface area contributed by atoms with Crippen molar-refractivity contribution in [2.45, 2.75) is 46.1 Å². The number of aliphatic hydroxyl groups is 2. The van der Waals surface area contributed by atoms with Gasteiger partial charge in [-0.25, -0.2) is 15.0 Å². The van der Waals surface area contributed by atoms with Crippen LogP contribution in [0.4, 0.5) is 19.0 Å². The summed E-state index contributed by atoms with van der Waals surface area (Å²) in [5, 5.41) is 24.0. The maximum Gasteiger partial charge on any atom is 1.00 e. The van der Waals surface area contributed by atoms with E-state index in [9.17, 15) is 56.7 Å². The zero-order valence-corrected chi connectivity index (χ0v) is 39.6. The van der Waals surface area contributed by atoms with E-state index in [0.717, 1.165) is 10.9 Å². The number of imidazole rings is 1. The molecule has 3 N–H and O–H groups in total. The Morgan fingerprint density at radius 2 is 1.67 bits per heavy atom. The Morgan fingerprint density at radius 1 is 1.06 bits per heavy atom. The number of rotatable bonds is 15. The second-order valence-electron chi connectivity index (χ2n) is 8.69. The summed E-state index contributed by atoms with van der Waals surface area (Å²) >= 11 is 12.2. The minimum absolute atomic E-state index is 0. The third-order valence-electron chi connectivity index (χ3n) is 5.49. The molecule has 6 atom stereocenters. The molecular formula is C17H21Cl2F3N5Na4O12P3S2. The fourth-order valence-electron chi connectivity index (χ4n) is 3.42. The van der Waals surface area contributed by atoms with Gasteiger partial charge in [0.25, 0.3) is 7.82 Å². The maximum atomic E-state index is 12.7. The van der Waals surface area contributed by atoms with Crippen molar-refractivity contribution in [3.05, 3.63) is 6.33 Å². The van der Waals surface area contributed by atoms with Crippen molar-refractivity contribution in [1.29, 1.82) is 0 Å². The van der Waals surface area contributed by atoms with Crippen molar-refractivity contribution in [1.82, 2.24) is 19.5 Å². The first kappa shape index (κ1) is 53.9. The molecule has 0 bridgehead atoms. The smallest absolute Gasteiger partial charge is 0.808 e. The molecule has 2 aromatic rings. The predicted octanol–water partition coefficient (Wildman–Crippen LogP) is -11.7. The van der Waals surface area contributed by atoms with Gasteiger partial charge in [0.05, 0.1) is 19.4 Å². The van der Waals surface area contributed by atoms with Gasteiger partial charge in [-0.15, -0.1) is 0 Å². The molecule has 252 valence electrons. The number of thioether (sulfide) groups is 2. The third kappa shape index (κ3) is 14.4. The fourth-order valence-corrected chi connectivity index (χ4v) is 8.59. The number of fused-ring (bicyclic) bond motifs is 1. The molecule has 0 aromatic carbocycles. The maximum absolute atomic E-state index is 12.7. The Bertz CT molecular complexity index is 1490. The van der Waals surface area contributed by atoms with Crippen molar-refractivity contribution in [3.63, 3.8) is 0 Å². The van der Waals surface area contributed by atoms with Crippen LogP contribution in [0.2, 0.25) is 0 Å². The second kappa shape index (κ2) is 21.9. The summed E-state index contributed by atoms with van der Waals surface area (Å²) in [4.78, 5) is 58.6. The predicted molar refractivity (Wildman–Crippen MR) is 144 cm³/mol. The Balaban J connectivity index is 0. The number of nitrogens with zero attached hydrogens (tertiary/aromatic N) is 4. The normalized spacial score (nSPS) is 22.3. The van der Waals surface area contributed by atoms with Crippen LogP contribution in [0.15, 0.2) is 11.5 Å². The summed E-state index contributed by atoms with van der Waals surface area (Å²) in [7, 11) is -18.8. The summed E-state index contributed by atoms with van der Waals surface area (Å²) in [5.74, 6) is 0.351. The van der Waals surface area contributed by atoms with Crippen molar-refractivity contribution in [2.24, 2.45) is 0 Å². The molecule has 1 aliphatic rings. The van der Waals surface area contributed by atoms with Gasteiger partial charge in [-0.05, 0) is 13.9 Å². The molecule has 3 rings (SSSR count). The summed E-state index contributed by atoms with van der Waals surface area (Å²) < 4.78 is 83.4. The van der Waals surface area contributed by atoms with Crippen molar-refractivity contribution >= 4 is 86.7 Å². The number of phosphoric acid groups is 1. The molecule has 2 unspecified atom stereocenters. The van der Waals surface area contributed by atoms with E-state index in [-0.39, 0.29) is 140 Å². The number of aliphatic hydroxyl groups excluding tert-OH is 2. The molecule has 3 heterocycles. The zero-order valence-electron chi connectivity index (χ0n) is 25.7. The minimum Gasteiger partial charge on any atom is -0.808 e. The van der Waals surface area contributed by atoms with E-state index in [1.165, 1.54) is 11.8 Å². The quantitative estimate of drug-likeness (QED) is 0.0375. The van der Waals surface area contributed by atoms with E-state index in [1.807, 2.05) is 6.26 Å². The topological polar surface area (TPSA) is 267 Å². The molecule has 0 radical (unpaired) electrons. The second-order valence-corrected chi connectivity index (χ2v) is 18.6. The number of hydrogen-bond donors (Lipinski definition) is 3. The standard InChI is InChI=1S/C17H25Cl2F3N5O12P3S2.4Na/c1-43-5-3-23-12-9-13(26-15(25-12)44-4-2-16(20,21)22)27(7-24-9)14-11(29)10(28)8(38-14)6-37-42(35,36)39-41(33,34)17(18,19)40(30,31)32;;;;/h7-8,10-11,14,28-29H,2-6H2,1H3,(H,33,34)(H,35,36)(H,23,25,26)(H2,30,31,32);;;;/q;4*+1/p-4/t8-,10+,11+,14-;;;;/m1..../s1. The number of halogens is 5. The Morgan fingerprint density at radius 3 is 2.21 bits per heavy atom. The largest absolute Gasteiger partial charge is 1.00 e. The Labute approximate surface area is 378 Å². The number of alkyl halides is 5. The molecule has 17 nitrogen and oxygen atoms in total. The van der Waals surface area contributed by atoms with Crippen LogP contribution in [-0.4, -0.2) is 88.9 Å². The molecule has 31 heteroatoms. The average Bonchev–Trinajstić information content (AvgIpc) is 3.41. The van der Waals surface area contributed by atoms with Gasteiger partial charge in [-0.2, -0.15) is 24.9 Å². The Kier molecular flexibility index (Phi) is 24.6. The van der Waals surface area contributed by atoms with Crippen LogP contribution in [0.1, 0.15) is 12.6 Å². The summed E-state index contributed by atoms with van der Waals surface area (Å²) in [6, 6.07) is 0. The van der Waals surface area contributed by atoms with Crippen LogP contribution in [0.3, 0.4) is 0 Å². The van der Waals surface area contributed by atoms with E-state index in [0.29, 0.717) is 24.1 Å². The summed E-state index contributed by atoms with van der Waals surface area (Å²) in [5.41, 5.74) is 0.0592. The molecule has 0 saturated carbocycles. The minimum atomic E-state index is -6.40. The van der Waals surface area contributed by atoms with Crippen LogP contribution in [-0.2, 0) is 27.3 Å². The first-order valence-electron chi connectivity index (χ1n) is 11.7. The first-order chi connectivity index (χ1) is 20.1.